The summed E-state index contributed by atoms with van der Waals surface area (Å²) in [6, 6.07) is 17.9. The van der Waals surface area contributed by atoms with E-state index in [1.165, 1.54) is 0 Å². The molecule has 0 radical (unpaired) electrons. The molecule has 25 heavy (non-hydrogen) atoms. The monoisotopic (exact) mass is 334 g/mol. The first-order chi connectivity index (χ1) is 12.2. The van der Waals surface area contributed by atoms with E-state index in [-0.39, 0.29) is 5.91 Å². The van der Waals surface area contributed by atoms with Gasteiger partial charge in [0.05, 0.1) is 12.6 Å². The minimum atomic E-state index is 0.121. The summed E-state index contributed by atoms with van der Waals surface area (Å²) in [6.07, 6.45) is 3.02. The molecule has 0 aliphatic heterocycles. The quantitative estimate of drug-likeness (QED) is 0.688. The molecule has 0 saturated carbocycles. The summed E-state index contributed by atoms with van der Waals surface area (Å²) in [5.41, 5.74) is 3.11. The Morgan fingerprint density at radius 1 is 1.08 bits per heavy atom. The topological polar surface area (TPSA) is 42.4 Å². The van der Waals surface area contributed by atoms with Crippen LogP contribution in [0.15, 0.2) is 60.8 Å². The fraction of sp³-hybridized carbons (Fsp3) is 0.238. The van der Waals surface area contributed by atoms with Crippen molar-refractivity contribution in [2.75, 3.05) is 14.2 Å². The first-order valence-corrected chi connectivity index (χ1v) is 8.36. The lowest BCUT2D eigenvalue weighted by atomic mass is 10.1. The highest BCUT2D eigenvalue weighted by Gasteiger charge is 2.10. The second-order valence-electron chi connectivity index (χ2n) is 6.14. The highest BCUT2D eigenvalue weighted by atomic mass is 16.5. The second kappa shape index (κ2) is 7.79. The largest absolute Gasteiger partial charge is 0.497 e. The van der Waals surface area contributed by atoms with Crippen molar-refractivity contribution in [1.29, 1.82) is 0 Å². The zero-order chi connectivity index (χ0) is 17.6. The van der Waals surface area contributed by atoms with E-state index in [1.807, 2.05) is 61.8 Å². The van der Waals surface area contributed by atoms with Crippen LogP contribution in [0, 0.1) is 0 Å². The number of amides is 1. The molecule has 4 heteroatoms. The van der Waals surface area contributed by atoms with E-state index < -0.39 is 0 Å². The number of hydrogen-bond donors (Lipinski definition) is 0. The highest BCUT2D eigenvalue weighted by Crippen LogP contribution is 2.16. The van der Waals surface area contributed by atoms with E-state index >= 15 is 0 Å². The maximum atomic E-state index is 12.4. The van der Waals surface area contributed by atoms with Gasteiger partial charge in [0.15, 0.2) is 0 Å². The molecule has 0 aliphatic rings. The molecular formula is C21H22N2O2. The molecule has 0 fully saturated rings. The van der Waals surface area contributed by atoms with Gasteiger partial charge in [0.1, 0.15) is 5.75 Å². The predicted octanol–water partition coefficient (Wildman–Crippen LogP) is 3.83. The molecule has 1 heterocycles. The first-order valence-electron chi connectivity index (χ1n) is 8.36. The standard InChI is InChI=1S/C21H22N2O2/c1-23(15-17-12-18-7-3-4-9-20(18)22-14-17)21(24)11-10-16-6-5-8-19(13-16)25-2/h3-9,12-14H,10-11,15H2,1-2H3. The van der Waals surface area contributed by atoms with Crippen LogP contribution >= 0.6 is 0 Å². The van der Waals surface area contributed by atoms with Crippen molar-refractivity contribution in [3.63, 3.8) is 0 Å². The average molecular weight is 334 g/mol. The third-order valence-corrected chi connectivity index (χ3v) is 4.25. The number of carbonyl (C=O) groups is 1. The number of hydrogen-bond acceptors (Lipinski definition) is 3. The highest BCUT2D eigenvalue weighted by molar-refractivity contribution is 5.79. The molecule has 0 bridgehead atoms. The van der Waals surface area contributed by atoms with Gasteiger partial charge in [0, 0.05) is 31.6 Å². The Morgan fingerprint density at radius 2 is 1.92 bits per heavy atom. The van der Waals surface area contributed by atoms with Gasteiger partial charge in [0.25, 0.3) is 0 Å². The minimum Gasteiger partial charge on any atom is -0.497 e. The smallest absolute Gasteiger partial charge is 0.222 e. The molecule has 2 aromatic carbocycles. The van der Waals surface area contributed by atoms with E-state index in [1.54, 1.807) is 12.0 Å². The third-order valence-electron chi connectivity index (χ3n) is 4.25. The number of para-hydroxylation sites is 1. The summed E-state index contributed by atoms with van der Waals surface area (Å²) in [6.45, 7) is 0.564. The second-order valence-corrected chi connectivity index (χ2v) is 6.14. The number of ether oxygens (including phenoxy) is 1. The lowest BCUT2D eigenvalue weighted by molar-refractivity contribution is -0.130. The average Bonchev–Trinajstić information content (AvgIpc) is 2.66. The molecule has 1 amide bonds. The van der Waals surface area contributed by atoms with Crippen molar-refractivity contribution in [2.45, 2.75) is 19.4 Å². The fourth-order valence-corrected chi connectivity index (χ4v) is 2.84. The molecule has 0 N–H and O–H groups in total. The number of carbonyl (C=O) groups excluding carboxylic acids is 1. The molecule has 0 spiro atoms. The van der Waals surface area contributed by atoms with Crippen LogP contribution in [0.5, 0.6) is 5.75 Å². The molecule has 3 aromatic rings. The van der Waals surface area contributed by atoms with Gasteiger partial charge in [0.2, 0.25) is 5.91 Å². The minimum absolute atomic E-state index is 0.121. The Balaban J connectivity index is 1.59. The summed E-state index contributed by atoms with van der Waals surface area (Å²) >= 11 is 0. The number of methoxy groups -OCH3 is 1. The van der Waals surface area contributed by atoms with Crippen LogP contribution in [0.2, 0.25) is 0 Å². The Bertz CT molecular complexity index is 876. The molecule has 0 unspecified atom stereocenters. The number of aromatic nitrogens is 1. The van der Waals surface area contributed by atoms with Crippen LogP contribution in [0.1, 0.15) is 17.5 Å². The lowest BCUT2D eigenvalue weighted by Crippen LogP contribution is -2.26. The van der Waals surface area contributed by atoms with Gasteiger partial charge in [-0.2, -0.15) is 0 Å². The molecular weight excluding hydrogens is 312 g/mol. The SMILES string of the molecule is COc1cccc(CCC(=O)N(C)Cc2cnc3ccccc3c2)c1. The lowest BCUT2D eigenvalue weighted by Gasteiger charge is -2.17. The van der Waals surface area contributed by atoms with Gasteiger partial charge in [-0.1, -0.05) is 30.3 Å². The zero-order valence-corrected chi connectivity index (χ0v) is 14.6. The first kappa shape index (κ1) is 17.0. The number of benzene rings is 2. The number of rotatable bonds is 6. The molecule has 3 rings (SSSR count). The van der Waals surface area contributed by atoms with E-state index in [4.69, 9.17) is 4.74 Å². The van der Waals surface area contributed by atoms with Gasteiger partial charge in [-0.25, -0.2) is 0 Å². The van der Waals surface area contributed by atoms with Crippen molar-refractivity contribution >= 4 is 16.8 Å². The molecule has 128 valence electrons. The summed E-state index contributed by atoms with van der Waals surface area (Å²) in [5.74, 6) is 0.941. The maximum Gasteiger partial charge on any atom is 0.222 e. The summed E-state index contributed by atoms with van der Waals surface area (Å²) in [4.78, 5) is 18.6. The number of aryl methyl sites for hydroxylation is 1. The van der Waals surface area contributed by atoms with Crippen LogP contribution in [0.25, 0.3) is 10.9 Å². The van der Waals surface area contributed by atoms with E-state index in [0.29, 0.717) is 19.4 Å². The fourth-order valence-electron chi connectivity index (χ4n) is 2.84. The molecule has 0 aliphatic carbocycles. The Labute approximate surface area is 148 Å². The van der Waals surface area contributed by atoms with Gasteiger partial charge in [-0.15, -0.1) is 0 Å². The molecule has 0 atom stereocenters. The van der Waals surface area contributed by atoms with Crippen LogP contribution in [0.3, 0.4) is 0 Å². The van der Waals surface area contributed by atoms with Gasteiger partial charge in [-0.3, -0.25) is 9.78 Å². The van der Waals surface area contributed by atoms with Crippen molar-refractivity contribution < 1.29 is 9.53 Å². The van der Waals surface area contributed by atoms with E-state index in [0.717, 1.165) is 27.8 Å². The van der Waals surface area contributed by atoms with Crippen molar-refractivity contribution in [1.82, 2.24) is 9.88 Å². The summed E-state index contributed by atoms with van der Waals surface area (Å²) < 4.78 is 5.22. The summed E-state index contributed by atoms with van der Waals surface area (Å²) in [5, 5.41) is 1.09. The van der Waals surface area contributed by atoms with Crippen LogP contribution in [-0.2, 0) is 17.8 Å². The van der Waals surface area contributed by atoms with Crippen molar-refractivity contribution in [3.05, 3.63) is 71.9 Å². The van der Waals surface area contributed by atoms with Crippen molar-refractivity contribution in [2.24, 2.45) is 0 Å². The van der Waals surface area contributed by atoms with Gasteiger partial charge in [-0.05, 0) is 41.8 Å². The van der Waals surface area contributed by atoms with Crippen LogP contribution < -0.4 is 4.74 Å². The normalized spacial score (nSPS) is 10.6. The van der Waals surface area contributed by atoms with E-state index in [9.17, 15) is 4.79 Å². The summed E-state index contributed by atoms with van der Waals surface area (Å²) in [7, 11) is 3.48. The molecule has 4 nitrogen and oxygen atoms in total. The van der Waals surface area contributed by atoms with Gasteiger partial charge < -0.3 is 9.64 Å². The molecule has 1 aromatic heterocycles. The van der Waals surface area contributed by atoms with Crippen LogP contribution in [-0.4, -0.2) is 29.9 Å². The number of pyridine rings is 1. The van der Waals surface area contributed by atoms with E-state index in [2.05, 4.69) is 11.1 Å². The van der Waals surface area contributed by atoms with Crippen LogP contribution in [0.4, 0.5) is 0 Å². The van der Waals surface area contributed by atoms with Gasteiger partial charge >= 0.3 is 0 Å². The third kappa shape index (κ3) is 4.35. The Hall–Kier alpha value is -2.88. The number of fused-ring (bicyclic) bond motifs is 1. The maximum absolute atomic E-state index is 12.4. The Morgan fingerprint density at radius 3 is 2.76 bits per heavy atom. The Kier molecular flexibility index (Phi) is 5.29. The molecule has 0 saturated heterocycles. The van der Waals surface area contributed by atoms with Crippen molar-refractivity contribution in [3.8, 4) is 5.75 Å². The predicted molar refractivity (Wildman–Crippen MR) is 99.5 cm³/mol. The zero-order valence-electron chi connectivity index (χ0n) is 14.6. The number of nitrogens with zero attached hydrogens (tertiary/aromatic N) is 2.